The molecule has 3 rings (SSSR count). The van der Waals surface area contributed by atoms with Gasteiger partial charge in [-0.1, -0.05) is 33.6 Å². The number of benzene rings is 2. The number of halogens is 2. The summed E-state index contributed by atoms with van der Waals surface area (Å²) in [7, 11) is 0. The fourth-order valence-corrected chi connectivity index (χ4v) is 2.95. The molecule has 0 saturated carbocycles. The minimum Gasteiger partial charge on any atom is -0.306 e. The third kappa shape index (κ3) is 3.76. The van der Waals surface area contributed by atoms with Crippen molar-refractivity contribution in [3.8, 4) is 5.69 Å². The Morgan fingerprint density at radius 3 is 2.73 bits per heavy atom. The van der Waals surface area contributed by atoms with Crippen LogP contribution >= 0.6 is 27.5 Å². The van der Waals surface area contributed by atoms with Gasteiger partial charge in [0.1, 0.15) is 10.8 Å². The quantitative estimate of drug-likeness (QED) is 0.473. The molecule has 132 valence electrons. The summed E-state index contributed by atoms with van der Waals surface area (Å²) >= 11 is 9.19. The first kappa shape index (κ1) is 18.1. The van der Waals surface area contributed by atoms with E-state index in [2.05, 4.69) is 26.3 Å². The van der Waals surface area contributed by atoms with E-state index in [0.717, 1.165) is 16.2 Å². The zero-order chi connectivity index (χ0) is 18.8. The second-order valence-corrected chi connectivity index (χ2v) is 6.76. The summed E-state index contributed by atoms with van der Waals surface area (Å²) in [5, 5.41) is 18.1. The number of carbonyl (C=O) groups excluding carboxylic acids is 1. The molecule has 0 aliphatic carbocycles. The maximum absolute atomic E-state index is 12.5. The number of rotatable bonds is 4. The maximum Gasteiger partial charge on any atom is 0.288 e. The summed E-state index contributed by atoms with van der Waals surface area (Å²) in [6.45, 7) is 1.80. The van der Waals surface area contributed by atoms with E-state index in [1.165, 1.54) is 12.1 Å². The first-order valence-corrected chi connectivity index (χ1v) is 8.60. The molecule has 1 N–H and O–H groups in total. The van der Waals surface area contributed by atoms with Gasteiger partial charge in [-0.15, -0.1) is 0 Å². The standard InChI is InChI=1S/C17H12BrClN4O3/c1-10-7-16(22(21-10)13-4-2-3-12(18)9-13)20-17(24)11-5-6-14(19)15(8-11)23(25)26/h2-9H,1H3,(H,20,24). The molecule has 1 aromatic heterocycles. The molecule has 0 bridgehead atoms. The highest BCUT2D eigenvalue weighted by atomic mass is 79.9. The highest BCUT2D eigenvalue weighted by molar-refractivity contribution is 9.10. The van der Waals surface area contributed by atoms with Crippen LogP contribution < -0.4 is 5.32 Å². The number of anilines is 1. The van der Waals surface area contributed by atoms with Crippen molar-refractivity contribution in [2.24, 2.45) is 0 Å². The lowest BCUT2D eigenvalue weighted by atomic mass is 10.2. The number of hydrogen-bond acceptors (Lipinski definition) is 4. The number of nitrogens with one attached hydrogen (secondary N) is 1. The minimum atomic E-state index is -0.630. The van der Waals surface area contributed by atoms with Crippen molar-refractivity contribution in [2.75, 3.05) is 5.32 Å². The first-order valence-electron chi connectivity index (χ1n) is 7.43. The van der Waals surface area contributed by atoms with E-state index in [1.54, 1.807) is 17.7 Å². The lowest BCUT2D eigenvalue weighted by molar-refractivity contribution is -0.384. The van der Waals surface area contributed by atoms with Crippen molar-refractivity contribution in [1.82, 2.24) is 9.78 Å². The number of nitrogens with zero attached hydrogens (tertiary/aromatic N) is 3. The van der Waals surface area contributed by atoms with Gasteiger partial charge in [-0.2, -0.15) is 5.10 Å². The molecule has 0 aliphatic rings. The molecular weight excluding hydrogens is 424 g/mol. The predicted molar refractivity (Wildman–Crippen MR) is 102 cm³/mol. The second-order valence-electron chi connectivity index (χ2n) is 5.44. The van der Waals surface area contributed by atoms with Gasteiger partial charge in [-0.25, -0.2) is 4.68 Å². The number of nitro benzene ring substituents is 1. The van der Waals surface area contributed by atoms with Crippen LogP contribution in [0.15, 0.2) is 53.0 Å². The van der Waals surface area contributed by atoms with E-state index >= 15 is 0 Å². The van der Waals surface area contributed by atoms with Crippen LogP contribution in [0.3, 0.4) is 0 Å². The van der Waals surface area contributed by atoms with Gasteiger partial charge in [0.2, 0.25) is 0 Å². The Balaban J connectivity index is 1.94. The van der Waals surface area contributed by atoms with E-state index in [-0.39, 0.29) is 16.3 Å². The van der Waals surface area contributed by atoms with Crippen LogP contribution in [0.5, 0.6) is 0 Å². The lowest BCUT2D eigenvalue weighted by Gasteiger charge is -2.09. The van der Waals surface area contributed by atoms with Crippen LogP contribution in [0.25, 0.3) is 5.69 Å². The van der Waals surface area contributed by atoms with Gasteiger partial charge in [0, 0.05) is 22.2 Å². The van der Waals surface area contributed by atoms with Crippen LogP contribution in [0.2, 0.25) is 5.02 Å². The topological polar surface area (TPSA) is 90.1 Å². The Bertz CT molecular complexity index is 1020. The smallest absolute Gasteiger partial charge is 0.288 e. The summed E-state index contributed by atoms with van der Waals surface area (Å²) in [5.74, 6) is -0.0517. The van der Waals surface area contributed by atoms with Crippen LogP contribution in [0, 0.1) is 17.0 Å². The molecule has 9 heteroatoms. The van der Waals surface area contributed by atoms with Crippen molar-refractivity contribution in [3.63, 3.8) is 0 Å². The van der Waals surface area contributed by atoms with Gasteiger partial charge >= 0.3 is 0 Å². The third-order valence-electron chi connectivity index (χ3n) is 3.53. The molecular formula is C17H12BrClN4O3. The van der Waals surface area contributed by atoms with Gasteiger partial charge in [0.15, 0.2) is 0 Å². The molecule has 0 saturated heterocycles. The Kier molecular flexibility index (Phi) is 5.06. The third-order valence-corrected chi connectivity index (χ3v) is 4.34. The molecule has 0 spiro atoms. The summed E-state index contributed by atoms with van der Waals surface area (Å²) in [5.41, 5.74) is 1.27. The molecule has 0 radical (unpaired) electrons. The molecule has 0 aliphatic heterocycles. The molecule has 0 fully saturated rings. The first-order chi connectivity index (χ1) is 12.3. The highest BCUT2D eigenvalue weighted by Gasteiger charge is 2.18. The average molecular weight is 436 g/mol. The fraction of sp³-hybridized carbons (Fsp3) is 0.0588. The van der Waals surface area contributed by atoms with Gasteiger partial charge in [0.25, 0.3) is 11.6 Å². The molecule has 1 heterocycles. The molecule has 2 aromatic carbocycles. The number of nitro groups is 1. The van der Waals surface area contributed by atoms with E-state index in [1.807, 2.05) is 24.3 Å². The van der Waals surface area contributed by atoms with Gasteiger partial charge < -0.3 is 5.32 Å². The minimum absolute atomic E-state index is 0.0263. The van der Waals surface area contributed by atoms with Crippen molar-refractivity contribution in [1.29, 1.82) is 0 Å². The fourth-order valence-electron chi connectivity index (χ4n) is 2.38. The molecule has 1 amide bonds. The summed E-state index contributed by atoms with van der Waals surface area (Å²) in [6, 6.07) is 13.0. The van der Waals surface area contributed by atoms with Crippen molar-refractivity contribution in [3.05, 3.63) is 79.4 Å². The Labute approximate surface area is 161 Å². The monoisotopic (exact) mass is 434 g/mol. The summed E-state index contributed by atoms with van der Waals surface area (Å²) in [6.07, 6.45) is 0. The maximum atomic E-state index is 12.5. The number of hydrogen-bond donors (Lipinski definition) is 1. The summed E-state index contributed by atoms with van der Waals surface area (Å²) < 4.78 is 2.45. The number of carbonyl (C=O) groups is 1. The van der Waals surface area contributed by atoms with Crippen molar-refractivity contribution < 1.29 is 9.72 Å². The molecule has 0 atom stereocenters. The van der Waals surface area contributed by atoms with E-state index in [9.17, 15) is 14.9 Å². The molecule has 26 heavy (non-hydrogen) atoms. The van der Waals surface area contributed by atoms with E-state index in [4.69, 9.17) is 11.6 Å². The highest BCUT2D eigenvalue weighted by Crippen LogP contribution is 2.26. The molecule has 3 aromatic rings. The number of aromatic nitrogens is 2. The van der Waals surface area contributed by atoms with E-state index < -0.39 is 10.8 Å². The molecule has 0 unspecified atom stereocenters. The van der Waals surface area contributed by atoms with Gasteiger partial charge in [0.05, 0.1) is 16.3 Å². The average Bonchev–Trinajstić information content (AvgIpc) is 2.95. The van der Waals surface area contributed by atoms with Gasteiger partial charge in [-0.3, -0.25) is 14.9 Å². The van der Waals surface area contributed by atoms with Crippen LogP contribution in [0.4, 0.5) is 11.5 Å². The van der Waals surface area contributed by atoms with Crippen LogP contribution in [0.1, 0.15) is 16.1 Å². The Morgan fingerprint density at radius 2 is 2.04 bits per heavy atom. The number of amides is 1. The lowest BCUT2D eigenvalue weighted by Crippen LogP contribution is -2.15. The number of aryl methyl sites for hydroxylation is 1. The predicted octanol–water partition coefficient (Wildman–Crippen LogP) is 4.76. The Hall–Kier alpha value is -2.71. The molecule has 7 nitrogen and oxygen atoms in total. The summed E-state index contributed by atoms with van der Waals surface area (Å²) in [4.78, 5) is 22.9. The van der Waals surface area contributed by atoms with Crippen LogP contribution in [-0.4, -0.2) is 20.6 Å². The Morgan fingerprint density at radius 1 is 1.27 bits per heavy atom. The largest absolute Gasteiger partial charge is 0.306 e. The van der Waals surface area contributed by atoms with Crippen molar-refractivity contribution >= 4 is 44.9 Å². The van der Waals surface area contributed by atoms with Crippen LogP contribution in [-0.2, 0) is 0 Å². The van der Waals surface area contributed by atoms with E-state index in [0.29, 0.717) is 11.5 Å². The zero-order valence-corrected chi connectivity index (χ0v) is 15.8. The second kappa shape index (κ2) is 7.27. The zero-order valence-electron chi connectivity index (χ0n) is 13.4. The SMILES string of the molecule is Cc1cc(NC(=O)c2ccc(Cl)c([N+](=O)[O-])c2)n(-c2cccc(Br)c2)n1. The van der Waals surface area contributed by atoms with Crippen molar-refractivity contribution in [2.45, 2.75) is 6.92 Å². The normalized spacial score (nSPS) is 10.6. The van der Waals surface area contributed by atoms with Gasteiger partial charge in [-0.05, 0) is 37.3 Å².